The largest absolute Gasteiger partial charge is 0.421 e. The molecule has 1 saturated heterocycles. The minimum absolute atomic E-state index is 0.304. The van der Waals surface area contributed by atoms with E-state index in [1.54, 1.807) is 12.4 Å². The van der Waals surface area contributed by atoms with Gasteiger partial charge in [-0.1, -0.05) is 6.92 Å². The number of aryl methyl sites for hydroxylation is 2. The zero-order chi connectivity index (χ0) is 22.0. The Labute approximate surface area is 186 Å². The molecule has 1 atom stereocenters. The zero-order valence-corrected chi connectivity index (χ0v) is 18.9. The van der Waals surface area contributed by atoms with Crippen LogP contribution in [-0.2, 0) is 0 Å². The zero-order valence-electron chi connectivity index (χ0n) is 18.9. The van der Waals surface area contributed by atoms with Crippen molar-refractivity contribution in [1.29, 1.82) is 0 Å². The summed E-state index contributed by atoms with van der Waals surface area (Å²) in [6.07, 6.45) is 5.92. The second-order valence-electron chi connectivity index (χ2n) is 9.38. The quantitative estimate of drug-likeness (QED) is 0.490. The lowest BCUT2D eigenvalue weighted by molar-refractivity contribution is 0.432. The third-order valence-corrected chi connectivity index (χ3v) is 7.14. The van der Waals surface area contributed by atoms with E-state index >= 15 is 0 Å². The lowest BCUT2D eigenvalue weighted by Crippen LogP contribution is -2.22. The molecule has 2 fully saturated rings. The molecule has 1 unspecified atom stereocenters. The van der Waals surface area contributed by atoms with E-state index in [9.17, 15) is 0 Å². The SMILES string of the molecule is CNc1cc(C)cc2c1[nH]c1nc(Oc3cnc(C)nc3)nc(N3CC(C)C4(CC4)C3)c12. The van der Waals surface area contributed by atoms with Crippen LogP contribution in [0.15, 0.2) is 24.5 Å². The number of fused-ring (bicyclic) bond motifs is 3. The molecule has 32 heavy (non-hydrogen) atoms. The van der Waals surface area contributed by atoms with Gasteiger partial charge in [0.1, 0.15) is 17.3 Å². The first-order valence-electron chi connectivity index (χ1n) is 11.2. The molecule has 1 aliphatic heterocycles. The summed E-state index contributed by atoms with van der Waals surface area (Å²) in [5.74, 6) is 2.81. The molecule has 164 valence electrons. The molecule has 2 aliphatic rings. The summed E-state index contributed by atoms with van der Waals surface area (Å²) in [4.78, 5) is 24.1. The maximum absolute atomic E-state index is 6.00. The number of benzene rings is 1. The minimum Gasteiger partial charge on any atom is -0.421 e. The molecule has 3 aromatic heterocycles. The van der Waals surface area contributed by atoms with Crippen molar-refractivity contribution in [2.75, 3.05) is 30.4 Å². The highest BCUT2D eigenvalue weighted by Gasteiger charge is 2.53. The Morgan fingerprint density at radius 3 is 2.62 bits per heavy atom. The summed E-state index contributed by atoms with van der Waals surface area (Å²) in [5, 5.41) is 5.50. The van der Waals surface area contributed by atoms with Crippen LogP contribution in [0.3, 0.4) is 0 Å². The van der Waals surface area contributed by atoms with Gasteiger partial charge in [-0.15, -0.1) is 0 Å². The predicted octanol–water partition coefficient (Wildman–Crippen LogP) is 4.59. The average molecular weight is 430 g/mol. The summed E-state index contributed by atoms with van der Waals surface area (Å²) in [6, 6.07) is 4.66. The van der Waals surface area contributed by atoms with E-state index in [2.05, 4.69) is 51.1 Å². The van der Waals surface area contributed by atoms with E-state index in [-0.39, 0.29) is 0 Å². The first kappa shape index (κ1) is 19.3. The van der Waals surface area contributed by atoms with Crippen LogP contribution in [0.1, 0.15) is 31.2 Å². The Balaban J connectivity index is 1.54. The van der Waals surface area contributed by atoms with Crippen molar-refractivity contribution in [2.45, 2.75) is 33.6 Å². The van der Waals surface area contributed by atoms with E-state index in [0.717, 1.165) is 46.5 Å². The number of H-pyrrole nitrogens is 1. The summed E-state index contributed by atoms with van der Waals surface area (Å²) < 4.78 is 6.00. The van der Waals surface area contributed by atoms with E-state index < -0.39 is 0 Å². The Bertz CT molecular complexity index is 1340. The molecular weight excluding hydrogens is 402 g/mol. The van der Waals surface area contributed by atoms with Crippen LogP contribution in [0.25, 0.3) is 21.9 Å². The van der Waals surface area contributed by atoms with Crippen molar-refractivity contribution < 1.29 is 4.74 Å². The number of hydrogen-bond acceptors (Lipinski definition) is 7. The maximum atomic E-state index is 6.00. The van der Waals surface area contributed by atoms with Gasteiger partial charge in [-0.05, 0) is 55.7 Å². The summed E-state index contributed by atoms with van der Waals surface area (Å²) in [5.41, 5.74) is 4.50. The van der Waals surface area contributed by atoms with Crippen LogP contribution in [0.4, 0.5) is 11.5 Å². The first-order chi connectivity index (χ1) is 15.5. The second-order valence-corrected chi connectivity index (χ2v) is 9.38. The fraction of sp³-hybridized carbons (Fsp3) is 0.417. The average Bonchev–Trinajstić information content (AvgIpc) is 3.36. The van der Waals surface area contributed by atoms with Crippen molar-refractivity contribution >= 4 is 33.4 Å². The first-order valence-corrected chi connectivity index (χ1v) is 11.2. The topological polar surface area (TPSA) is 91.8 Å². The van der Waals surface area contributed by atoms with Crippen LogP contribution in [0, 0.1) is 25.2 Å². The van der Waals surface area contributed by atoms with E-state index in [1.165, 1.54) is 18.4 Å². The molecule has 1 saturated carbocycles. The van der Waals surface area contributed by atoms with Gasteiger partial charge in [0, 0.05) is 25.5 Å². The predicted molar refractivity (Wildman–Crippen MR) is 126 cm³/mol. The molecule has 0 radical (unpaired) electrons. The normalized spacial score (nSPS) is 19.2. The van der Waals surface area contributed by atoms with Gasteiger partial charge in [-0.3, -0.25) is 0 Å². The van der Waals surface area contributed by atoms with E-state index in [4.69, 9.17) is 14.7 Å². The molecular formula is C24H27N7O. The Kier molecular flexibility index (Phi) is 4.09. The number of nitrogens with one attached hydrogen (secondary N) is 2. The van der Waals surface area contributed by atoms with Crippen LogP contribution < -0.4 is 15.0 Å². The van der Waals surface area contributed by atoms with E-state index in [0.29, 0.717) is 28.9 Å². The molecule has 4 heterocycles. The van der Waals surface area contributed by atoms with Crippen molar-refractivity contribution in [3.8, 4) is 11.8 Å². The van der Waals surface area contributed by atoms with Crippen LogP contribution in [-0.4, -0.2) is 45.1 Å². The highest BCUT2D eigenvalue weighted by molar-refractivity contribution is 6.14. The lowest BCUT2D eigenvalue weighted by atomic mass is 9.95. The second kappa shape index (κ2) is 6.79. The summed E-state index contributed by atoms with van der Waals surface area (Å²) in [6.45, 7) is 8.36. The van der Waals surface area contributed by atoms with E-state index in [1.807, 2.05) is 14.0 Å². The number of nitrogens with zero attached hydrogens (tertiary/aromatic N) is 5. The number of anilines is 2. The van der Waals surface area contributed by atoms with Crippen molar-refractivity contribution in [1.82, 2.24) is 24.9 Å². The molecule has 8 heteroatoms. The Morgan fingerprint density at radius 1 is 1.16 bits per heavy atom. The fourth-order valence-corrected chi connectivity index (χ4v) is 5.11. The smallest absolute Gasteiger partial charge is 0.326 e. The van der Waals surface area contributed by atoms with Gasteiger partial charge in [0.05, 0.1) is 29.0 Å². The lowest BCUT2D eigenvalue weighted by Gasteiger charge is -2.19. The maximum Gasteiger partial charge on any atom is 0.326 e. The highest BCUT2D eigenvalue weighted by Crippen LogP contribution is 2.57. The van der Waals surface area contributed by atoms with Crippen LogP contribution >= 0.6 is 0 Å². The summed E-state index contributed by atoms with van der Waals surface area (Å²) >= 11 is 0. The molecule has 1 aromatic carbocycles. The number of rotatable bonds is 4. The summed E-state index contributed by atoms with van der Waals surface area (Å²) in [7, 11) is 1.94. The minimum atomic E-state index is 0.304. The molecule has 0 bridgehead atoms. The van der Waals surface area contributed by atoms with Crippen molar-refractivity contribution in [3.05, 3.63) is 35.9 Å². The molecule has 4 aromatic rings. The van der Waals surface area contributed by atoms with Gasteiger partial charge in [0.25, 0.3) is 0 Å². The highest BCUT2D eigenvalue weighted by atomic mass is 16.5. The van der Waals surface area contributed by atoms with Gasteiger partial charge in [-0.2, -0.15) is 9.97 Å². The fourth-order valence-electron chi connectivity index (χ4n) is 5.11. The Morgan fingerprint density at radius 2 is 1.94 bits per heavy atom. The molecule has 1 spiro atoms. The van der Waals surface area contributed by atoms with Crippen LogP contribution in [0.5, 0.6) is 11.8 Å². The number of ether oxygens (including phenoxy) is 1. The number of aromatic nitrogens is 5. The third kappa shape index (κ3) is 2.97. The molecule has 1 aliphatic carbocycles. The molecule has 2 N–H and O–H groups in total. The standard InChI is InChI=1S/C24H27N7O/c1-13-7-17-19-21(28-20(17)18(8-13)25-4)29-23(32-16-9-26-15(3)27-10-16)30-22(19)31-11-14(2)24(12-31)5-6-24/h7-10,14,25H,5-6,11-12H2,1-4H3,(H,28,29,30). The van der Waals surface area contributed by atoms with Crippen LogP contribution in [0.2, 0.25) is 0 Å². The van der Waals surface area contributed by atoms with Gasteiger partial charge < -0.3 is 19.9 Å². The molecule has 0 amide bonds. The Hall–Kier alpha value is -3.42. The third-order valence-electron chi connectivity index (χ3n) is 7.14. The number of hydrogen-bond donors (Lipinski definition) is 2. The van der Waals surface area contributed by atoms with Gasteiger partial charge in [-0.25, -0.2) is 9.97 Å². The monoisotopic (exact) mass is 429 g/mol. The molecule has 8 nitrogen and oxygen atoms in total. The van der Waals surface area contributed by atoms with Crippen molar-refractivity contribution in [3.63, 3.8) is 0 Å². The molecule has 6 rings (SSSR count). The number of aromatic amines is 1. The van der Waals surface area contributed by atoms with Gasteiger partial charge in [0.15, 0.2) is 5.75 Å². The van der Waals surface area contributed by atoms with Gasteiger partial charge in [0.2, 0.25) is 0 Å². The van der Waals surface area contributed by atoms with Gasteiger partial charge >= 0.3 is 6.01 Å². The van der Waals surface area contributed by atoms with Crippen molar-refractivity contribution in [2.24, 2.45) is 11.3 Å².